The van der Waals surface area contributed by atoms with Crippen LogP contribution in [0.5, 0.6) is 5.75 Å². The lowest BCUT2D eigenvalue weighted by Gasteiger charge is -2.08. The van der Waals surface area contributed by atoms with Gasteiger partial charge in [-0.25, -0.2) is 4.79 Å². The van der Waals surface area contributed by atoms with E-state index in [1.807, 2.05) is 24.3 Å². The normalized spacial score (nSPS) is 9.95. The molecule has 0 fully saturated rings. The van der Waals surface area contributed by atoms with Gasteiger partial charge in [-0.2, -0.15) is 0 Å². The fourth-order valence-electron chi connectivity index (χ4n) is 1.56. The summed E-state index contributed by atoms with van der Waals surface area (Å²) in [6, 6.07) is 7.81. The highest BCUT2D eigenvalue weighted by Gasteiger charge is 1.98. The van der Waals surface area contributed by atoms with E-state index in [9.17, 15) is 4.79 Å². The van der Waals surface area contributed by atoms with Crippen LogP contribution in [0.1, 0.15) is 25.7 Å². The molecule has 0 aromatic heterocycles. The first-order valence-electron chi connectivity index (χ1n) is 6.46. The van der Waals surface area contributed by atoms with Crippen molar-refractivity contribution in [3.8, 4) is 5.75 Å². The first-order valence-corrected chi connectivity index (χ1v) is 6.96. The maximum atomic E-state index is 10.8. The van der Waals surface area contributed by atoms with E-state index >= 15 is 0 Å². The van der Waals surface area contributed by atoms with Crippen molar-refractivity contribution in [3.05, 3.63) is 36.9 Å². The first kappa shape index (κ1) is 15.5. The van der Waals surface area contributed by atoms with Gasteiger partial charge in [0.1, 0.15) is 5.75 Å². The van der Waals surface area contributed by atoms with Crippen LogP contribution >= 0.6 is 0 Å². The van der Waals surface area contributed by atoms with E-state index in [1.165, 1.54) is 6.08 Å². The smallest absolute Gasteiger partial charge is 0.330 e. The molecule has 0 N–H and O–H groups in total. The SMILES string of the molecule is C=CC(=O)OCCCCCCOc1ccccc1[Si]. The summed E-state index contributed by atoms with van der Waals surface area (Å²) in [6.07, 6.45) is 5.16. The Labute approximate surface area is 118 Å². The molecular formula is C15H19O3Si. The molecule has 0 unspecified atom stereocenters. The molecule has 3 radical (unpaired) electrons. The predicted molar refractivity (Wildman–Crippen MR) is 76.9 cm³/mol. The summed E-state index contributed by atoms with van der Waals surface area (Å²) in [5.74, 6) is 0.524. The Hall–Kier alpha value is -1.55. The second kappa shape index (κ2) is 9.39. The number of benzene rings is 1. The van der Waals surface area contributed by atoms with Crippen molar-refractivity contribution in [2.24, 2.45) is 0 Å². The van der Waals surface area contributed by atoms with Gasteiger partial charge in [0, 0.05) is 6.08 Å². The summed E-state index contributed by atoms with van der Waals surface area (Å²) < 4.78 is 10.5. The van der Waals surface area contributed by atoms with Crippen molar-refractivity contribution in [3.63, 3.8) is 0 Å². The molecular weight excluding hydrogens is 256 g/mol. The third kappa shape index (κ3) is 6.81. The first-order chi connectivity index (χ1) is 9.24. The number of rotatable bonds is 9. The fourth-order valence-corrected chi connectivity index (χ4v) is 1.82. The lowest BCUT2D eigenvalue weighted by Crippen LogP contribution is -2.09. The molecule has 0 saturated heterocycles. The Bertz CT molecular complexity index is 404. The Morgan fingerprint density at radius 2 is 1.84 bits per heavy atom. The molecule has 1 rings (SSSR count). The second-order valence-corrected chi connectivity index (χ2v) is 4.67. The van der Waals surface area contributed by atoms with E-state index in [-0.39, 0.29) is 5.97 Å². The van der Waals surface area contributed by atoms with Crippen LogP contribution in [-0.2, 0) is 9.53 Å². The van der Waals surface area contributed by atoms with Gasteiger partial charge in [-0.1, -0.05) is 24.8 Å². The molecule has 0 atom stereocenters. The minimum Gasteiger partial charge on any atom is -0.494 e. The van der Waals surface area contributed by atoms with Crippen LogP contribution in [0.15, 0.2) is 36.9 Å². The fraction of sp³-hybridized carbons (Fsp3) is 0.400. The molecule has 0 aliphatic rings. The third-order valence-electron chi connectivity index (χ3n) is 2.59. The number of carbonyl (C=O) groups excluding carboxylic acids is 1. The van der Waals surface area contributed by atoms with E-state index in [2.05, 4.69) is 16.8 Å². The summed E-state index contributed by atoms with van der Waals surface area (Å²) >= 11 is 0. The molecule has 0 bridgehead atoms. The van der Waals surface area contributed by atoms with Crippen molar-refractivity contribution in [2.45, 2.75) is 25.7 Å². The molecule has 0 amide bonds. The summed E-state index contributed by atoms with van der Waals surface area (Å²) in [5.41, 5.74) is 0. The lowest BCUT2D eigenvalue weighted by atomic mass is 10.2. The van der Waals surface area contributed by atoms with Gasteiger partial charge in [0.2, 0.25) is 0 Å². The Balaban J connectivity index is 1.98. The van der Waals surface area contributed by atoms with Crippen LogP contribution in [0.3, 0.4) is 0 Å². The standard InChI is InChI=1S/C15H19O3Si/c1-2-15(16)18-12-8-4-3-7-11-17-13-9-5-6-10-14(13)19/h2,5-6,9-10H,1,3-4,7-8,11-12H2. The van der Waals surface area contributed by atoms with Gasteiger partial charge in [0.05, 0.1) is 23.5 Å². The number of para-hydroxylation sites is 1. The molecule has 1 aromatic carbocycles. The van der Waals surface area contributed by atoms with Crippen LogP contribution in [-0.4, -0.2) is 29.4 Å². The molecule has 19 heavy (non-hydrogen) atoms. The largest absolute Gasteiger partial charge is 0.494 e. The molecule has 0 aliphatic carbocycles. The van der Waals surface area contributed by atoms with E-state index in [0.29, 0.717) is 13.2 Å². The minimum absolute atomic E-state index is 0.350. The maximum absolute atomic E-state index is 10.8. The minimum atomic E-state index is -0.350. The zero-order valence-electron chi connectivity index (χ0n) is 11.1. The number of ether oxygens (including phenoxy) is 2. The van der Waals surface area contributed by atoms with Gasteiger partial charge in [0.15, 0.2) is 0 Å². The Morgan fingerprint density at radius 1 is 1.16 bits per heavy atom. The summed E-state index contributed by atoms with van der Waals surface area (Å²) in [7, 11) is 3.49. The van der Waals surface area contributed by atoms with Crippen molar-refractivity contribution in [1.82, 2.24) is 0 Å². The number of hydrogen-bond donors (Lipinski definition) is 0. The van der Waals surface area contributed by atoms with Gasteiger partial charge < -0.3 is 9.47 Å². The molecule has 0 spiro atoms. The Kier molecular flexibility index (Phi) is 7.66. The number of esters is 1. The quantitative estimate of drug-likeness (QED) is 0.300. The van der Waals surface area contributed by atoms with Gasteiger partial charge in [-0.05, 0) is 36.9 Å². The molecule has 0 aliphatic heterocycles. The topological polar surface area (TPSA) is 35.5 Å². The van der Waals surface area contributed by atoms with Crippen LogP contribution in [0.25, 0.3) is 0 Å². The average Bonchev–Trinajstić information content (AvgIpc) is 2.43. The molecule has 0 heterocycles. The Morgan fingerprint density at radius 3 is 2.53 bits per heavy atom. The van der Waals surface area contributed by atoms with Crippen molar-refractivity contribution in [1.29, 1.82) is 0 Å². The summed E-state index contributed by atoms with van der Waals surface area (Å²) in [6.45, 7) is 4.51. The van der Waals surface area contributed by atoms with E-state index in [1.54, 1.807) is 0 Å². The monoisotopic (exact) mass is 275 g/mol. The molecule has 1 aromatic rings. The van der Waals surface area contributed by atoms with Crippen molar-refractivity contribution in [2.75, 3.05) is 13.2 Å². The molecule has 4 heteroatoms. The van der Waals surface area contributed by atoms with Gasteiger partial charge in [-0.15, -0.1) is 0 Å². The summed E-state index contributed by atoms with van der Waals surface area (Å²) in [4.78, 5) is 10.8. The zero-order chi connectivity index (χ0) is 13.9. The average molecular weight is 275 g/mol. The van der Waals surface area contributed by atoms with Crippen LogP contribution in [0.4, 0.5) is 0 Å². The van der Waals surface area contributed by atoms with Crippen LogP contribution in [0, 0.1) is 0 Å². The number of hydrogen-bond acceptors (Lipinski definition) is 3. The highest BCUT2D eigenvalue weighted by Crippen LogP contribution is 2.07. The highest BCUT2D eigenvalue weighted by molar-refractivity contribution is 6.34. The van der Waals surface area contributed by atoms with Crippen molar-refractivity contribution < 1.29 is 14.3 Å². The van der Waals surface area contributed by atoms with E-state index in [4.69, 9.17) is 9.47 Å². The number of unbranched alkanes of at least 4 members (excludes halogenated alkanes) is 3. The van der Waals surface area contributed by atoms with E-state index in [0.717, 1.165) is 36.6 Å². The van der Waals surface area contributed by atoms with Gasteiger partial charge >= 0.3 is 5.97 Å². The lowest BCUT2D eigenvalue weighted by molar-refractivity contribution is -0.137. The van der Waals surface area contributed by atoms with E-state index < -0.39 is 0 Å². The number of carbonyl (C=O) groups is 1. The van der Waals surface area contributed by atoms with Crippen LogP contribution in [0.2, 0.25) is 0 Å². The third-order valence-corrected chi connectivity index (χ3v) is 3.01. The zero-order valence-corrected chi connectivity index (χ0v) is 12.1. The predicted octanol–water partition coefficient (Wildman–Crippen LogP) is 2.15. The summed E-state index contributed by atoms with van der Waals surface area (Å²) in [5, 5.41) is 0.971. The highest BCUT2D eigenvalue weighted by atomic mass is 28.1. The second-order valence-electron chi connectivity index (χ2n) is 4.13. The van der Waals surface area contributed by atoms with Crippen molar-refractivity contribution >= 4 is 21.4 Å². The van der Waals surface area contributed by atoms with Crippen LogP contribution < -0.4 is 9.92 Å². The molecule has 3 nitrogen and oxygen atoms in total. The van der Waals surface area contributed by atoms with Gasteiger partial charge in [-0.3, -0.25) is 0 Å². The molecule has 101 valence electrons. The van der Waals surface area contributed by atoms with Gasteiger partial charge in [0.25, 0.3) is 0 Å². The molecule has 0 saturated carbocycles. The maximum Gasteiger partial charge on any atom is 0.330 e.